The van der Waals surface area contributed by atoms with Crippen LogP contribution in [0.1, 0.15) is 13.3 Å². The van der Waals surface area contributed by atoms with E-state index in [9.17, 15) is 14.7 Å². The summed E-state index contributed by atoms with van der Waals surface area (Å²) in [5.41, 5.74) is -0.915. The smallest absolute Gasteiger partial charge is 0.321 e. The van der Waals surface area contributed by atoms with Gasteiger partial charge in [0.2, 0.25) is 5.91 Å². The molecule has 3 amide bonds. The van der Waals surface area contributed by atoms with E-state index < -0.39 is 23.6 Å². The number of nitrogens with one attached hydrogen (secondary N) is 3. The number of carbonyl (C=O) groups is 2. The molecule has 17 heavy (non-hydrogen) atoms. The third-order valence-electron chi connectivity index (χ3n) is 2.68. The summed E-state index contributed by atoms with van der Waals surface area (Å²) in [6.07, 6.45) is 0.545. The van der Waals surface area contributed by atoms with Gasteiger partial charge < -0.3 is 20.5 Å². The highest BCUT2D eigenvalue weighted by molar-refractivity contribution is 5.96. The van der Waals surface area contributed by atoms with Gasteiger partial charge in [0.25, 0.3) is 0 Å². The van der Waals surface area contributed by atoms with Gasteiger partial charge in [-0.3, -0.25) is 10.1 Å². The zero-order valence-corrected chi connectivity index (χ0v) is 10.1. The van der Waals surface area contributed by atoms with Crippen molar-refractivity contribution >= 4 is 11.9 Å². The summed E-state index contributed by atoms with van der Waals surface area (Å²) in [4.78, 5) is 22.4. The van der Waals surface area contributed by atoms with Crippen molar-refractivity contribution in [1.82, 2.24) is 16.0 Å². The second kappa shape index (κ2) is 5.95. The minimum Gasteiger partial charge on any atom is -0.386 e. The molecular formula is C10H19N3O4. The fourth-order valence-corrected chi connectivity index (χ4v) is 1.45. The van der Waals surface area contributed by atoms with E-state index in [2.05, 4.69) is 16.0 Å². The monoisotopic (exact) mass is 245 g/mol. The Labute approximate surface area is 99.9 Å². The van der Waals surface area contributed by atoms with Crippen molar-refractivity contribution < 1.29 is 19.4 Å². The lowest BCUT2D eigenvalue weighted by atomic mass is 10.0. The van der Waals surface area contributed by atoms with Crippen LogP contribution < -0.4 is 16.0 Å². The second-order valence-electron chi connectivity index (χ2n) is 4.20. The maximum absolute atomic E-state index is 11.5. The number of rotatable bonds is 4. The standard InChI is InChI=1S/C10H19N3O4/c1-7(8(14)13-9(15)11-2)12-5-10(16)3-4-17-6-10/h7,12,16H,3-6H2,1-2H3,(H2,11,13,14,15). The van der Waals surface area contributed by atoms with Crippen LogP contribution in [0.3, 0.4) is 0 Å². The van der Waals surface area contributed by atoms with E-state index >= 15 is 0 Å². The molecule has 0 aromatic rings. The van der Waals surface area contributed by atoms with E-state index in [-0.39, 0.29) is 13.2 Å². The minimum atomic E-state index is -0.915. The van der Waals surface area contributed by atoms with Crippen LogP contribution in [-0.4, -0.2) is 55.5 Å². The zero-order chi connectivity index (χ0) is 12.9. The fourth-order valence-electron chi connectivity index (χ4n) is 1.45. The summed E-state index contributed by atoms with van der Waals surface area (Å²) in [6.45, 7) is 2.67. The average molecular weight is 245 g/mol. The summed E-state index contributed by atoms with van der Waals surface area (Å²) < 4.78 is 5.08. The molecule has 0 aliphatic carbocycles. The van der Waals surface area contributed by atoms with Crippen molar-refractivity contribution in [1.29, 1.82) is 0 Å². The van der Waals surface area contributed by atoms with E-state index in [1.165, 1.54) is 7.05 Å². The Morgan fingerprint density at radius 3 is 2.76 bits per heavy atom. The lowest BCUT2D eigenvalue weighted by Gasteiger charge is -2.23. The molecule has 4 N–H and O–H groups in total. The molecule has 7 nitrogen and oxygen atoms in total. The predicted octanol–water partition coefficient (Wildman–Crippen LogP) is -1.43. The lowest BCUT2D eigenvalue weighted by Crippen LogP contribution is -2.51. The van der Waals surface area contributed by atoms with Crippen LogP contribution in [0.4, 0.5) is 4.79 Å². The summed E-state index contributed by atoms with van der Waals surface area (Å²) in [5, 5.41) is 17.3. The molecule has 0 aromatic carbocycles. The molecule has 1 rings (SSSR count). The topological polar surface area (TPSA) is 99.7 Å². The van der Waals surface area contributed by atoms with Crippen molar-refractivity contribution in [2.45, 2.75) is 25.0 Å². The first-order valence-corrected chi connectivity index (χ1v) is 5.53. The number of hydrogen-bond acceptors (Lipinski definition) is 5. The lowest BCUT2D eigenvalue weighted by molar-refractivity contribution is -0.121. The van der Waals surface area contributed by atoms with Gasteiger partial charge in [-0.25, -0.2) is 4.79 Å². The molecule has 0 radical (unpaired) electrons. The largest absolute Gasteiger partial charge is 0.386 e. The highest BCUT2D eigenvalue weighted by atomic mass is 16.5. The molecular weight excluding hydrogens is 226 g/mol. The Morgan fingerprint density at radius 1 is 1.53 bits per heavy atom. The van der Waals surface area contributed by atoms with Gasteiger partial charge in [0.15, 0.2) is 0 Å². The first kappa shape index (κ1) is 13.9. The van der Waals surface area contributed by atoms with Crippen LogP contribution in [0.5, 0.6) is 0 Å². The highest BCUT2D eigenvalue weighted by Gasteiger charge is 2.32. The maximum Gasteiger partial charge on any atom is 0.321 e. The van der Waals surface area contributed by atoms with Crippen LogP contribution in [0, 0.1) is 0 Å². The normalized spacial score (nSPS) is 25.4. The Morgan fingerprint density at radius 2 is 2.24 bits per heavy atom. The molecule has 7 heteroatoms. The van der Waals surface area contributed by atoms with Crippen molar-refractivity contribution in [3.05, 3.63) is 0 Å². The van der Waals surface area contributed by atoms with Crippen molar-refractivity contribution in [3.63, 3.8) is 0 Å². The molecule has 1 saturated heterocycles. The number of ether oxygens (including phenoxy) is 1. The highest BCUT2D eigenvalue weighted by Crippen LogP contribution is 2.16. The summed E-state index contributed by atoms with van der Waals surface area (Å²) in [7, 11) is 1.43. The van der Waals surface area contributed by atoms with Crippen LogP contribution in [0.25, 0.3) is 0 Å². The fraction of sp³-hybridized carbons (Fsp3) is 0.800. The van der Waals surface area contributed by atoms with E-state index in [0.717, 1.165) is 0 Å². The molecule has 2 unspecified atom stereocenters. The van der Waals surface area contributed by atoms with Crippen LogP contribution in [0.15, 0.2) is 0 Å². The number of imide groups is 1. The number of aliphatic hydroxyl groups is 1. The van der Waals surface area contributed by atoms with Crippen LogP contribution in [-0.2, 0) is 9.53 Å². The van der Waals surface area contributed by atoms with Crippen LogP contribution >= 0.6 is 0 Å². The molecule has 98 valence electrons. The molecule has 1 aliphatic heterocycles. The van der Waals surface area contributed by atoms with E-state index in [1.807, 2.05) is 0 Å². The third kappa shape index (κ3) is 4.29. The molecule has 1 fully saturated rings. The Hall–Kier alpha value is -1.18. The summed E-state index contributed by atoms with van der Waals surface area (Å²) >= 11 is 0. The third-order valence-corrected chi connectivity index (χ3v) is 2.68. The molecule has 2 atom stereocenters. The number of hydrogen-bond donors (Lipinski definition) is 4. The predicted molar refractivity (Wildman–Crippen MR) is 60.4 cm³/mol. The molecule has 1 aliphatic rings. The van der Waals surface area contributed by atoms with Gasteiger partial charge in [-0.05, 0) is 6.92 Å². The number of amides is 3. The van der Waals surface area contributed by atoms with Crippen molar-refractivity contribution in [2.24, 2.45) is 0 Å². The molecule has 0 saturated carbocycles. The summed E-state index contributed by atoms with van der Waals surface area (Å²) in [6, 6.07) is -1.11. The van der Waals surface area contributed by atoms with Crippen molar-refractivity contribution in [2.75, 3.05) is 26.8 Å². The minimum absolute atomic E-state index is 0.259. The maximum atomic E-state index is 11.5. The van der Waals surface area contributed by atoms with Gasteiger partial charge in [-0.2, -0.15) is 0 Å². The Kier molecular flexibility index (Phi) is 4.86. The quantitative estimate of drug-likeness (QED) is 0.487. The van der Waals surface area contributed by atoms with Gasteiger partial charge in [0.05, 0.1) is 12.6 Å². The first-order valence-electron chi connectivity index (χ1n) is 5.53. The summed E-state index contributed by atoms with van der Waals surface area (Å²) in [5.74, 6) is -0.438. The average Bonchev–Trinajstić information content (AvgIpc) is 2.73. The van der Waals surface area contributed by atoms with Gasteiger partial charge >= 0.3 is 6.03 Å². The van der Waals surface area contributed by atoms with E-state index in [4.69, 9.17) is 4.74 Å². The molecule has 1 heterocycles. The Balaban J connectivity index is 2.31. The molecule has 0 spiro atoms. The molecule has 0 aromatic heterocycles. The SMILES string of the molecule is CNC(=O)NC(=O)C(C)NCC1(O)CCOC1. The van der Waals surface area contributed by atoms with Gasteiger partial charge in [-0.15, -0.1) is 0 Å². The second-order valence-corrected chi connectivity index (χ2v) is 4.20. The van der Waals surface area contributed by atoms with E-state index in [0.29, 0.717) is 13.0 Å². The molecule has 0 bridgehead atoms. The van der Waals surface area contributed by atoms with Crippen molar-refractivity contribution in [3.8, 4) is 0 Å². The number of carbonyl (C=O) groups excluding carboxylic acids is 2. The zero-order valence-electron chi connectivity index (χ0n) is 10.1. The van der Waals surface area contributed by atoms with Crippen LogP contribution in [0.2, 0.25) is 0 Å². The number of urea groups is 1. The Bertz CT molecular complexity index is 289. The van der Waals surface area contributed by atoms with Gasteiger partial charge in [-0.1, -0.05) is 0 Å². The van der Waals surface area contributed by atoms with Gasteiger partial charge in [0, 0.05) is 26.6 Å². The first-order chi connectivity index (χ1) is 7.97. The van der Waals surface area contributed by atoms with Gasteiger partial charge in [0.1, 0.15) is 5.60 Å². The van der Waals surface area contributed by atoms with E-state index in [1.54, 1.807) is 6.92 Å².